The van der Waals surface area contributed by atoms with E-state index >= 15 is 0 Å². The Kier molecular flexibility index (Phi) is 3.56. The second kappa shape index (κ2) is 5.32. The van der Waals surface area contributed by atoms with Crippen LogP contribution in [0.4, 0.5) is 0 Å². The molecule has 80 valence electrons. The average molecular weight is 209 g/mol. The van der Waals surface area contributed by atoms with Crippen LogP contribution in [0.1, 0.15) is 31.9 Å². The van der Waals surface area contributed by atoms with Crippen LogP contribution in [0.15, 0.2) is 36.4 Å². The summed E-state index contributed by atoms with van der Waals surface area (Å²) in [6.45, 7) is 2.18. The molecule has 0 saturated carbocycles. The number of unbranched alkanes of at least 4 members (excludes halogenated alkanes) is 2. The van der Waals surface area contributed by atoms with E-state index in [4.69, 9.17) is 0 Å². The SMILES string of the molecule is CCCCC#Cc1ccc2ccccc2n1. The summed E-state index contributed by atoms with van der Waals surface area (Å²) >= 11 is 0. The Bertz CT molecular complexity index is 532. The highest BCUT2D eigenvalue weighted by Crippen LogP contribution is 2.11. The van der Waals surface area contributed by atoms with Gasteiger partial charge in [0.2, 0.25) is 0 Å². The molecule has 0 radical (unpaired) electrons. The molecule has 0 fully saturated rings. The Balaban J connectivity index is 2.21. The third-order valence-electron chi connectivity index (χ3n) is 2.47. The zero-order valence-electron chi connectivity index (χ0n) is 9.53. The quantitative estimate of drug-likeness (QED) is 0.542. The van der Waals surface area contributed by atoms with Crippen molar-refractivity contribution < 1.29 is 0 Å². The van der Waals surface area contributed by atoms with Crippen LogP contribution >= 0.6 is 0 Å². The van der Waals surface area contributed by atoms with Crippen LogP contribution in [0.3, 0.4) is 0 Å². The van der Waals surface area contributed by atoms with Crippen LogP contribution in [0, 0.1) is 11.8 Å². The molecule has 0 saturated heterocycles. The van der Waals surface area contributed by atoms with Crippen LogP contribution in [-0.2, 0) is 0 Å². The van der Waals surface area contributed by atoms with Crippen molar-refractivity contribution in [1.82, 2.24) is 4.98 Å². The molecule has 0 aliphatic heterocycles. The maximum absolute atomic E-state index is 4.50. The van der Waals surface area contributed by atoms with Crippen LogP contribution < -0.4 is 0 Å². The first kappa shape index (κ1) is 10.7. The summed E-state index contributed by atoms with van der Waals surface area (Å²) in [6, 6.07) is 12.2. The zero-order valence-corrected chi connectivity index (χ0v) is 9.53. The third kappa shape index (κ3) is 2.61. The van der Waals surface area contributed by atoms with Gasteiger partial charge in [-0.05, 0) is 24.5 Å². The first-order valence-electron chi connectivity index (χ1n) is 5.75. The zero-order chi connectivity index (χ0) is 11.2. The van der Waals surface area contributed by atoms with Gasteiger partial charge < -0.3 is 0 Å². The van der Waals surface area contributed by atoms with Crippen molar-refractivity contribution in [3.8, 4) is 11.8 Å². The van der Waals surface area contributed by atoms with E-state index in [0.29, 0.717) is 0 Å². The molecule has 2 rings (SSSR count). The molecule has 0 amide bonds. The molecule has 0 aliphatic rings. The van der Waals surface area contributed by atoms with Gasteiger partial charge in [0.05, 0.1) is 5.52 Å². The van der Waals surface area contributed by atoms with Crippen LogP contribution in [0.5, 0.6) is 0 Å². The highest BCUT2D eigenvalue weighted by Gasteiger charge is 1.93. The maximum Gasteiger partial charge on any atom is 0.113 e. The van der Waals surface area contributed by atoms with E-state index in [1.807, 2.05) is 24.3 Å². The number of aromatic nitrogens is 1. The van der Waals surface area contributed by atoms with E-state index in [1.165, 1.54) is 18.2 Å². The molecule has 1 nitrogen and oxygen atoms in total. The highest BCUT2D eigenvalue weighted by atomic mass is 14.7. The summed E-state index contributed by atoms with van der Waals surface area (Å²) in [4.78, 5) is 4.50. The number of hydrogen-bond acceptors (Lipinski definition) is 1. The Morgan fingerprint density at radius 2 is 2.00 bits per heavy atom. The number of hydrogen-bond donors (Lipinski definition) is 0. The summed E-state index contributed by atoms with van der Waals surface area (Å²) in [5.41, 5.74) is 1.89. The van der Waals surface area contributed by atoms with E-state index in [1.54, 1.807) is 0 Å². The van der Waals surface area contributed by atoms with Crippen molar-refractivity contribution in [1.29, 1.82) is 0 Å². The van der Waals surface area contributed by atoms with Crippen molar-refractivity contribution in [2.24, 2.45) is 0 Å². The lowest BCUT2D eigenvalue weighted by atomic mass is 10.2. The van der Waals surface area contributed by atoms with Crippen LogP contribution in [0.2, 0.25) is 0 Å². The Morgan fingerprint density at radius 3 is 2.88 bits per heavy atom. The average Bonchev–Trinajstić information content (AvgIpc) is 2.34. The minimum Gasteiger partial charge on any atom is -0.239 e. The smallest absolute Gasteiger partial charge is 0.113 e. The molecular weight excluding hydrogens is 194 g/mol. The van der Waals surface area contributed by atoms with Crippen molar-refractivity contribution in [3.05, 3.63) is 42.1 Å². The fraction of sp³-hybridized carbons (Fsp3) is 0.267. The molecule has 1 heterocycles. The largest absolute Gasteiger partial charge is 0.239 e. The second-order valence-electron chi connectivity index (χ2n) is 3.79. The van der Waals surface area contributed by atoms with Gasteiger partial charge in [0.15, 0.2) is 0 Å². The Hall–Kier alpha value is -1.81. The molecule has 1 aromatic carbocycles. The Morgan fingerprint density at radius 1 is 1.12 bits per heavy atom. The summed E-state index contributed by atoms with van der Waals surface area (Å²) in [6.07, 6.45) is 3.32. The van der Waals surface area contributed by atoms with Crippen molar-refractivity contribution in [2.45, 2.75) is 26.2 Å². The Labute approximate surface area is 96.5 Å². The van der Waals surface area contributed by atoms with Gasteiger partial charge in [0.25, 0.3) is 0 Å². The number of fused-ring (bicyclic) bond motifs is 1. The van der Waals surface area contributed by atoms with Crippen molar-refractivity contribution in [3.63, 3.8) is 0 Å². The first-order valence-corrected chi connectivity index (χ1v) is 5.75. The molecule has 0 N–H and O–H groups in total. The second-order valence-corrected chi connectivity index (χ2v) is 3.79. The first-order chi connectivity index (χ1) is 7.90. The normalized spacial score (nSPS) is 9.81. The van der Waals surface area contributed by atoms with Gasteiger partial charge in [0.1, 0.15) is 5.69 Å². The third-order valence-corrected chi connectivity index (χ3v) is 2.47. The predicted octanol–water partition coefficient (Wildman–Crippen LogP) is 3.78. The minimum atomic E-state index is 0.870. The topological polar surface area (TPSA) is 12.9 Å². The fourth-order valence-electron chi connectivity index (χ4n) is 1.55. The standard InChI is InChI=1S/C15H15N/c1-2-3-4-5-9-14-12-11-13-8-6-7-10-15(13)16-14/h6-8,10-12H,2-4H2,1H3. The van der Waals surface area contributed by atoms with E-state index < -0.39 is 0 Å². The number of benzene rings is 1. The van der Waals surface area contributed by atoms with Gasteiger partial charge in [-0.3, -0.25) is 0 Å². The van der Waals surface area contributed by atoms with Crippen LogP contribution in [-0.4, -0.2) is 4.98 Å². The summed E-state index contributed by atoms with van der Waals surface area (Å²) < 4.78 is 0. The molecule has 0 spiro atoms. The monoisotopic (exact) mass is 209 g/mol. The maximum atomic E-state index is 4.50. The van der Waals surface area contributed by atoms with Gasteiger partial charge in [0, 0.05) is 11.8 Å². The summed E-state index contributed by atoms with van der Waals surface area (Å²) in [7, 11) is 0. The molecule has 0 atom stereocenters. The van der Waals surface area contributed by atoms with Crippen molar-refractivity contribution >= 4 is 10.9 Å². The molecule has 0 unspecified atom stereocenters. The van der Waals surface area contributed by atoms with Gasteiger partial charge in [-0.1, -0.05) is 43.5 Å². The molecule has 16 heavy (non-hydrogen) atoms. The van der Waals surface area contributed by atoms with Gasteiger partial charge in [-0.15, -0.1) is 0 Å². The van der Waals surface area contributed by atoms with Gasteiger partial charge >= 0.3 is 0 Å². The number of pyridine rings is 1. The summed E-state index contributed by atoms with van der Waals surface area (Å²) in [5, 5.41) is 1.17. The number of nitrogens with zero attached hydrogens (tertiary/aromatic N) is 1. The molecule has 1 aromatic heterocycles. The van der Waals surface area contributed by atoms with Gasteiger partial charge in [-0.2, -0.15) is 0 Å². The van der Waals surface area contributed by atoms with Crippen LogP contribution in [0.25, 0.3) is 10.9 Å². The van der Waals surface area contributed by atoms with E-state index in [9.17, 15) is 0 Å². The van der Waals surface area contributed by atoms with E-state index in [2.05, 4.69) is 35.9 Å². The van der Waals surface area contributed by atoms with E-state index in [0.717, 1.165) is 17.6 Å². The molecule has 2 aromatic rings. The number of rotatable bonds is 2. The fourth-order valence-corrected chi connectivity index (χ4v) is 1.55. The van der Waals surface area contributed by atoms with E-state index in [-0.39, 0.29) is 0 Å². The molecule has 0 aliphatic carbocycles. The lowest BCUT2D eigenvalue weighted by Gasteiger charge is -1.96. The highest BCUT2D eigenvalue weighted by molar-refractivity contribution is 5.78. The summed E-state index contributed by atoms with van der Waals surface area (Å²) in [5.74, 6) is 6.27. The molecule has 1 heteroatoms. The molecular formula is C15H15N. The lowest BCUT2D eigenvalue weighted by Crippen LogP contribution is -1.83. The molecule has 0 bridgehead atoms. The minimum absolute atomic E-state index is 0.870. The van der Waals surface area contributed by atoms with Gasteiger partial charge in [-0.25, -0.2) is 4.98 Å². The lowest BCUT2D eigenvalue weighted by molar-refractivity contribution is 0.828. The van der Waals surface area contributed by atoms with Crippen molar-refractivity contribution in [2.75, 3.05) is 0 Å². The predicted molar refractivity (Wildman–Crippen MR) is 68.1 cm³/mol. The number of para-hydroxylation sites is 1.